The zero-order chi connectivity index (χ0) is 8.97. The number of hydrogen-bond acceptors (Lipinski definition) is 2. The van der Waals surface area contributed by atoms with Crippen LogP contribution in [0.3, 0.4) is 0 Å². The fourth-order valence-electron chi connectivity index (χ4n) is 2.04. The Bertz CT molecular complexity index is 125. The smallest absolute Gasteiger partial charge is 0.0168 e. The van der Waals surface area contributed by atoms with E-state index in [2.05, 4.69) is 18.7 Å². The molecule has 1 fully saturated rings. The van der Waals surface area contributed by atoms with Gasteiger partial charge in [0.25, 0.3) is 0 Å². The van der Waals surface area contributed by atoms with Crippen molar-refractivity contribution in [2.45, 2.75) is 51.6 Å². The van der Waals surface area contributed by atoms with E-state index >= 15 is 0 Å². The number of rotatable bonds is 3. The molecule has 1 aliphatic rings. The summed E-state index contributed by atoms with van der Waals surface area (Å²) in [5, 5.41) is 0. The average molecular weight is 170 g/mol. The minimum atomic E-state index is 0.429. The molecule has 0 aromatic heterocycles. The second-order valence-electron chi connectivity index (χ2n) is 4.03. The Labute approximate surface area is 76.1 Å². The van der Waals surface area contributed by atoms with Gasteiger partial charge in [0.15, 0.2) is 0 Å². The quantitative estimate of drug-likeness (QED) is 0.697. The number of piperidine rings is 1. The Morgan fingerprint density at radius 1 is 1.58 bits per heavy atom. The molecule has 0 saturated carbocycles. The summed E-state index contributed by atoms with van der Waals surface area (Å²) in [5.74, 6) is 0. The van der Waals surface area contributed by atoms with Gasteiger partial charge in [0.2, 0.25) is 0 Å². The predicted molar refractivity (Wildman–Crippen MR) is 53.2 cm³/mol. The van der Waals surface area contributed by atoms with Gasteiger partial charge in [-0.1, -0.05) is 13.3 Å². The summed E-state index contributed by atoms with van der Waals surface area (Å²) < 4.78 is 0. The first kappa shape index (κ1) is 10.0. The summed E-state index contributed by atoms with van der Waals surface area (Å²) in [6, 6.07) is 1.17. The maximum Gasteiger partial charge on any atom is 0.0168 e. The molecule has 2 N–H and O–H groups in total. The SMILES string of the molecule is CCCC(C)N1CCC[C@@H](N)C1. The lowest BCUT2D eigenvalue weighted by Gasteiger charge is -2.35. The van der Waals surface area contributed by atoms with E-state index in [0.717, 1.165) is 12.6 Å². The summed E-state index contributed by atoms with van der Waals surface area (Å²) in [5.41, 5.74) is 5.92. The zero-order valence-electron chi connectivity index (χ0n) is 8.42. The van der Waals surface area contributed by atoms with Crippen molar-refractivity contribution in [3.8, 4) is 0 Å². The predicted octanol–water partition coefficient (Wildman–Crippen LogP) is 1.60. The van der Waals surface area contributed by atoms with Crippen molar-refractivity contribution in [2.24, 2.45) is 5.73 Å². The van der Waals surface area contributed by atoms with Crippen LogP contribution in [0.2, 0.25) is 0 Å². The van der Waals surface area contributed by atoms with E-state index in [9.17, 15) is 0 Å². The van der Waals surface area contributed by atoms with E-state index in [-0.39, 0.29) is 0 Å². The highest BCUT2D eigenvalue weighted by Gasteiger charge is 2.20. The minimum Gasteiger partial charge on any atom is -0.327 e. The first-order chi connectivity index (χ1) is 5.74. The fraction of sp³-hybridized carbons (Fsp3) is 1.00. The minimum absolute atomic E-state index is 0.429. The van der Waals surface area contributed by atoms with Crippen molar-refractivity contribution in [2.75, 3.05) is 13.1 Å². The van der Waals surface area contributed by atoms with Crippen LogP contribution >= 0.6 is 0 Å². The van der Waals surface area contributed by atoms with Crippen LogP contribution in [0.15, 0.2) is 0 Å². The number of nitrogens with zero attached hydrogens (tertiary/aromatic N) is 1. The van der Waals surface area contributed by atoms with Crippen molar-refractivity contribution in [3.63, 3.8) is 0 Å². The highest BCUT2D eigenvalue weighted by molar-refractivity contribution is 4.78. The van der Waals surface area contributed by atoms with Crippen LogP contribution in [-0.2, 0) is 0 Å². The molecular weight excluding hydrogens is 148 g/mol. The molecule has 1 unspecified atom stereocenters. The van der Waals surface area contributed by atoms with Crippen LogP contribution in [0.1, 0.15) is 39.5 Å². The Balaban J connectivity index is 2.29. The molecule has 0 aliphatic carbocycles. The van der Waals surface area contributed by atoms with Gasteiger partial charge < -0.3 is 5.73 Å². The summed E-state index contributed by atoms with van der Waals surface area (Å²) >= 11 is 0. The molecule has 12 heavy (non-hydrogen) atoms. The lowest BCUT2D eigenvalue weighted by molar-refractivity contribution is 0.152. The summed E-state index contributed by atoms with van der Waals surface area (Å²) in [6.45, 7) is 6.94. The van der Waals surface area contributed by atoms with Crippen LogP contribution in [0.5, 0.6) is 0 Å². The van der Waals surface area contributed by atoms with Gasteiger partial charge in [0.05, 0.1) is 0 Å². The van der Waals surface area contributed by atoms with Crippen molar-refractivity contribution in [3.05, 3.63) is 0 Å². The van der Waals surface area contributed by atoms with Crippen LogP contribution < -0.4 is 5.73 Å². The van der Waals surface area contributed by atoms with E-state index in [1.807, 2.05) is 0 Å². The molecule has 1 saturated heterocycles. The average Bonchev–Trinajstić information content (AvgIpc) is 2.05. The van der Waals surface area contributed by atoms with Gasteiger partial charge in [-0.25, -0.2) is 0 Å². The van der Waals surface area contributed by atoms with Crippen LogP contribution in [0.25, 0.3) is 0 Å². The van der Waals surface area contributed by atoms with E-state index < -0.39 is 0 Å². The lowest BCUT2D eigenvalue weighted by atomic mass is 10.0. The van der Waals surface area contributed by atoms with Crippen molar-refractivity contribution < 1.29 is 0 Å². The normalized spacial score (nSPS) is 28.8. The standard InChI is InChI=1S/C10H22N2/c1-3-5-9(2)12-7-4-6-10(11)8-12/h9-10H,3-8,11H2,1-2H3/t9?,10-/m1/s1. The zero-order valence-corrected chi connectivity index (χ0v) is 8.42. The molecule has 72 valence electrons. The van der Waals surface area contributed by atoms with Gasteiger partial charge in [-0.3, -0.25) is 4.90 Å². The Hall–Kier alpha value is -0.0800. The second-order valence-corrected chi connectivity index (χ2v) is 4.03. The molecule has 1 heterocycles. The van der Waals surface area contributed by atoms with Crippen molar-refractivity contribution in [1.29, 1.82) is 0 Å². The largest absolute Gasteiger partial charge is 0.327 e. The van der Waals surface area contributed by atoms with E-state index in [1.165, 1.54) is 32.2 Å². The van der Waals surface area contributed by atoms with E-state index in [4.69, 9.17) is 5.73 Å². The molecular formula is C10H22N2. The third-order valence-electron chi connectivity index (χ3n) is 2.82. The highest BCUT2D eigenvalue weighted by atomic mass is 15.2. The third kappa shape index (κ3) is 2.76. The van der Waals surface area contributed by atoms with E-state index in [0.29, 0.717) is 6.04 Å². The molecule has 2 atom stereocenters. The third-order valence-corrected chi connectivity index (χ3v) is 2.82. The number of hydrogen-bond donors (Lipinski definition) is 1. The molecule has 0 radical (unpaired) electrons. The van der Waals surface area contributed by atoms with E-state index in [1.54, 1.807) is 0 Å². The Morgan fingerprint density at radius 3 is 2.92 bits per heavy atom. The van der Waals surface area contributed by atoms with Crippen molar-refractivity contribution >= 4 is 0 Å². The topological polar surface area (TPSA) is 29.3 Å². The maximum absolute atomic E-state index is 5.92. The number of nitrogens with two attached hydrogens (primary N) is 1. The van der Waals surface area contributed by atoms with Crippen LogP contribution in [0.4, 0.5) is 0 Å². The maximum atomic E-state index is 5.92. The molecule has 1 aliphatic heterocycles. The van der Waals surface area contributed by atoms with Crippen LogP contribution in [0, 0.1) is 0 Å². The molecule has 0 aromatic carbocycles. The first-order valence-electron chi connectivity index (χ1n) is 5.23. The number of likely N-dealkylation sites (tertiary alicyclic amines) is 1. The Morgan fingerprint density at radius 2 is 2.33 bits per heavy atom. The fourth-order valence-corrected chi connectivity index (χ4v) is 2.04. The van der Waals surface area contributed by atoms with Crippen LogP contribution in [-0.4, -0.2) is 30.1 Å². The highest BCUT2D eigenvalue weighted by Crippen LogP contribution is 2.14. The molecule has 2 heteroatoms. The second kappa shape index (κ2) is 4.83. The van der Waals surface area contributed by atoms with Gasteiger partial charge in [0.1, 0.15) is 0 Å². The first-order valence-corrected chi connectivity index (χ1v) is 5.23. The van der Waals surface area contributed by atoms with Gasteiger partial charge in [-0.05, 0) is 32.7 Å². The molecule has 2 nitrogen and oxygen atoms in total. The van der Waals surface area contributed by atoms with Crippen molar-refractivity contribution in [1.82, 2.24) is 4.90 Å². The van der Waals surface area contributed by atoms with Gasteiger partial charge in [-0.2, -0.15) is 0 Å². The molecule has 0 spiro atoms. The molecule has 1 rings (SSSR count). The lowest BCUT2D eigenvalue weighted by Crippen LogP contribution is -2.46. The summed E-state index contributed by atoms with van der Waals surface area (Å²) in [4.78, 5) is 2.54. The molecule has 0 bridgehead atoms. The monoisotopic (exact) mass is 170 g/mol. The van der Waals surface area contributed by atoms with Gasteiger partial charge in [-0.15, -0.1) is 0 Å². The molecule has 0 aromatic rings. The van der Waals surface area contributed by atoms with Gasteiger partial charge >= 0.3 is 0 Å². The Kier molecular flexibility index (Phi) is 4.02. The summed E-state index contributed by atoms with van der Waals surface area (Å²) in [6.07, 6.45) is 5.10. The summed E-state index contributed by atoms with van der Waals surface area (Å²) in [7, 11) is 0. The molecule has 0 amide bonds. The van der Waals surface area contributed by atoms with Gasteiger partial charge in [0, 0.05) is 18.6 Å².